The zero-order chi connectivity index (χ0) is 30.2. The van der Waals surface area contributed by atoms with Gasteiger partial charge in [0.1, 0.15) is 0 Å². The number of carbonyl (C=O) groups is 4. The van der Waals surface area contributed by atoms with Crippen LogP contribution in [-0.4, -0.2) is 70.3 Å². The molecular formula is C29H31N7O6. The molecule has 0 saturated heterocycles. The number of rotatable bonds is 9. The summed E-state index contributed by atoms with van der Waals surface area (Å²) in [5.74, 6) is -1.37. The zero-order valence-electron chi connectivity index (χ0n) is 23.4. The molecule has 1 fully saturated rings. The molecule has 42 heavy (non-hydrogen) atoms. The second kappa shape index (κ2) is 13.4. The molecule has 1 aliphatic rings. The van der Waals surface area contributed by atoms with Gasteiger partial charge in [0.05, 0.1) is 28.8 Å². The summed E-state index contributed by atoms with van der Waals surface area (Å²) in [6.45, 7) is 5.17. The maximum Gasteiger partial charge on any atom is 0.419 e. The SMILES string of the molecule is CCNC(=O)c1ccc(C)c(N=C(N=CN)c2[nH]cc(C(=O)N(C(=O)OCOC(=O)c3cccnc3)C3CC3)c2C)c1. The zero-order valence-corrected chi connectivity index (χ0v) is 23.4. The van der Waals surface area contributed by atoms with E-state index < -0.39 is 24.8 Å². The highest BCUT2D eigenvalue weighted by Gasteiger charge is 2.40. The quantitative estimate of drug-likeness (QED) is 0.151. The van der Waals surface area contributed by atoms with Crippen LogP contribution in [0.5, 0.6) is 0 Å². The van der Waals surface area contributed by atoms with Crippen molar-refractivity contribution in [1.82, 2.24) is 20.2 Å². The number of H-pyrrole nitrogens is 1. The molecule has 0 atom stereocenters. The van der Waals surface area contributed by atoms with E-state index in [9.17, 15) is 19.2 Å². The first-order valence-electron chi connectivity index (χ1n) is 13.2. The molecule has 0 bridgehead atoms. The smallest absolute Gasteiger partial charge is 0.419 e. The van der Waals surface area contributed by atoms with E-state index in [4.69, 9.17) is 15.2 Å². The molecule has 13 heteroatoms. The van der Waals surface area contributed by atoms with Crippen LogP contribution in [0.2, 0.25) is 0 Å². The highest BCUT2D eigenvalue weighted by atomic mass is 16.7. The molecule has 1 saturated carbocycles. The molecule has 1 aromatic carbocycles. The van der Waals surface area contributed by atoms with E-state index in [1.807, 2.05) is 13.8 Å². The van der Waals surface area contributed by atoms with Gasteiger partial charge >= 0.3 is 12.1 Å². The maximum absolute atomic E-state index is 13.5. The van der Waals surface area contributed by atoms with Crippen molar-refractivity contribution < 1.29 is 28.7 Å². The summed E-state index contributed by atoms with van der Waals surface area (Å²) in [6, 6.07) is 7.86. The molecule has 0 radical (unpaired) electrons. The summed E-state index contributed by atoms with van der Waals surface area (Å²) in [5, 5.41) is 2.75. The fraction of sp³-hybridized carbons (Fsp3) is 0.276. The Labute approximate surface area is 241 Å². The third-order valence-electron chi connectivity index (χ3n) is 6.42. The summed E-state index contributed by atoms with van der Waals surface area (Å²) in [5.41, 5.74) is 8.60. The fourth-order valence-corrected chi connectivity index (χ4v) is 4.05. The lowest BCUT2D eigenvalue weighted by atomic mass is 10.1. The lowest BCUT2D eigenvalue weighted by Crippen LogP contribution is -2.39. The fourth-order valence-electron chi connectivity index (χ4n) is 4.05. The van der Waals surface area contributed by atoms with Gasteiger partial charge in [-0.05, 0) is 69.0 Å². The van der Waals surface area contributed by atoms with Crippen molar-refractivity contribution in [3.8, 4) is 0 Å². The van der Waals surface area contributed by atoms with Crippen LogP contribution in [0.4, 0.5) is 10.5 Å². The number of benzene rings is 1. The molecule has 0 spiro atoms. The van der Waals surface area contributed by atoms with Crippen molar-refractivity contribution >= 4 is 41.7 Å². The first-order valence-corrected chi connectivity index (χ1v) is 13.2. The molecule has 3 amide bonds. The summed E-state index contributed by atoms with van der Waals surface area (Å²) in [6.07, 6.45) is 5.67. The molecular weight excluding hydrogens is 542 g/mol. The number of amides is 3. The first kappa shape index (κ1) is 29.6. The van der Waals surface area contributed by atoms with E-state index in [0.29, 0.717) is 41.9 Å². The lowest BCUT2D eigenvalue weighted by molar-refractivity contribution is -0.0111. The molecule has 2 heterocycles. The van der Waals surface area contributed by atoms with E-state index in [1.165, 1.54) is 24.7 Å². The summed E-state index contributed by atoms with van der Waals surface area (Å²) in [7, 11) is 0. The Hall–Kier alpha value is -5.33. The van der Waals surface area contributed by atoms with Gasteiger partial charge in [-0.2, -0.15) is 0 Å². The number of aryl methyl sites for hydroxylation is 1. The average molecular weight is 574 g/mol. The molecule has 2 aromatic heterocycles. The van der Waals surface area contributed by atoms with Gasteiger partial charge in [0, 0.05) is 36.7 Å². The van der Waals surface area contributed by atoms with Crippen molar-refractivity contribution in [2.75, 3.05) is 13.3 Å². The number of aromatic nitrogens is 2. The minimum absolute atomic E-state index is 0.174. The van der Waals surface area contributed by atoms with E-state index in [2.05, 4.69) is 25.3 Å². The number of carbonyl (C=O) groups excluding carboxylic acids is 4. The second-order valence-electron chi connectivity index (χ2n) is 9.38. The van der Waals surface area contributed by atoms with Crippen LogP contribution in [0.3, 0.4) is 0 Å². The second-order valence-corrected chi connectivity index (χ2v) is 9.38. The number of esters is 1. The molecule has 1 aliphatic carbocycles. The highest BCUT2D eigenvalue weighted by molar-refractivity contribution is 6.09. The molecule has 4 rings (SSSR count). The van der Waals surface area contributed by atoms with Gasteiger partial charge in [0.25, 0.3) is 11.8 Å². The average Bonchev–Trinajstić information content (AvgIpc) is 3.74. The molecule has 0 aliphatic heterocycles. The highest BCUT2D eigenvalue weighted by Crippen LogP contribution is 2.30. The Balaban J connectivity index is 1.54. The lowest BCUT2D eigenvalue weighted by Gasteiger charge is -2.19. The van der Waals surface area contributed by atoms with Crippen molar-refractivity contribution in [3.63, 3.8) is 0 Å². The third-order valence-corrected chi connectivity index (χ3v) is 6.42. The van der Waals surface area contributed by atoms with E-state index in [1.54, 1.807) is 31.2 Å². The van der Waals surface area contributed by atoms with Gasteiger partial charge < -0.3 is 25.5 Å². The van der Waals surface area contributed by atoms with Crippen LogP contribution in [0.25, 0.3) is 0 Å². The van der Waals surface area contributed by atoms with E-state index >= 15 is 0 Å². The van der Waals surface area contributed by atoms with Crippen LogP contribution in [0, 0.1) is 13.8 Å². The van der Waals surface area contributed by atoms with Crippen molar-refractivity contribution in [2.45, 2.75) is 39.7 Å². The number of pyridine rings is 1. The standard InChI is InChI=1S/C29H31N7O6/c1-4-32-26(37)19-8-7-17(2)23(12-19)35-25(34-15-30)24-18(3)22(14-33-24)27(38)36(21-9-10-21)29(40)42-16-41-28(39)20-6-5-11-31-13-20/h5-8,11-15,21,33H,4,9-10,16H2,1-3H3,(H,32,37)(H2,30,34,35). The van der Waals surface area contributed by atoms with Gasteiger partial charge in [-0.1, -0.05) is 6.07 Å². The molecule has 0 unspecified atom stereocenters. The van der Waals surface area contributed by atoms with Gasteiger partial charge in [-0.15, -0.1) is 0 Å². The number of aromatic amines is 1. The van der Waals surface area contributed by atoms with Crippen LogP contribution in [-0.2, 0) is 9.47 Å². The van der Waals surface area contributed by atoms with Gasteiger partial charge in [0.15, 0.2) is 5.84 Å². The number of aliphatic imine (C=N–C) groups is 2. The molecule has 3 aromatic rings. The largest absolute Gasteiger partial charge is 0.424 e. The van der Waals surface area contributed by atoms with Crippen molar-refractivity contribution in [1.29, 1.82) is 0 Å². The Morgan fingerprint density at radius 1 is 1.17 bits per heavy atom. The Bertz CT molecular complexity index is 1540. The van der Waals surface area contributed by atoms with Crippen LogP contribution in [0.1, 0.15) is 67.7 Å². The minimum atomic E-state index is -0.935. The molecule has 218 valence electrons. The summed E-state index contributed by atoms with van der Waals surface area (Å²) in [4.78, 5) is 67.6. The number of nitrogens with zero attached hydrogens (tertiary/aromatic N) is 4. The van der Waals surface area contributed by atoms with Crippen LogP contribution >= 0.6 is 0 Å². The first-order chi connectivity index (χ1) is 20.2. The number of hydrogen-bond donors (Lipinski definition) is 3. The van der Waals surface area contributed by atoms with Crippen molar-refractivity contribution in [3.05, 3.63) is 82.4 Å². The minimum Gasteiger partial charge on any atom is -0.424 e. The van der Waals surface area contributed by atoms with Crippen LogP contribution < -0.4 is 11.1 Å². The predicted molar refractivity (Wildman–Crippen MR) is 154 cm³/mol. The number of nitrogens with one attached hydrogen (secondary N) is 2. The van der Waals surface area contributed by atoms with Crippen LogP contribution in [0.15, 0.2) is 58.9 Å². The Morgan fingerprint density at radius 2 is 1.95 bits per heavy atom. The summed E-state index contributed by atoms with van der Waals surface area (Å²) >= 11 is 0. The van der Waals surface area contributed by atoms with Crippen molar-refractivity contribution in [2.24, 2.45) is 15.7 Å². The predicted octanol–water partition coefficient (Wildman–Crippen LogP) is 3.40. The number of ether oxygens (including phenoxy) is 2. The maximum atomic E-state index is 13.5. The number of nitrogens with two attached hydrogens (primary N) is 1. The number of hydrogen-bond acceptors (Lipinski definition) is 8. The normalized spacial score (nSPS) is 13.1. The topological polar surface area (TPSA) is 181 Å². The summed E-state index contributed by atoms with van der Waals surface area (Å²) < 4.78 is 10.1. The van der Waals surface area contributed by atoms with Gasteiger partial charge in [-0.25, -0.2) is 24.5 Å². The monoisotopic (exact) mass is 573 g/mol. The van der Waals surface area contributed by atoms with Gasteiger partial charge in [0.2, 0.25) is 6.79 Å². The molecule has 4 N–H and O–H groups in total. The number of amidine groups is 1. The van der Waals surface area contributed by atoms with E-state index in [0.717, 1.165) is 16.8 Å². The van der Waals surface area contributed by atoms with Gasteiger partial charge in [-0.3, -0.25) is 14.6 Å². The third kappa shape index (κ3) is 6.86. The number of imide groups is 1. The van der Waals surface area contributed by atoms with E-state index in [-0.39, 0.29) is 28.9 Å². The Kier molecular flexibility index (Phi) is 9.42. The molecule has 13 nitrogen and oxygen atoms in total. The Morgan fingerprint density at radius 3 is 2.62 bits per heavy atom.